The van der Waals surface area contributed by atoms with Crippen molar-refractivity contribution in [3.05, 3.63) is 88.5 Å². The third-order valence-corrected chi connectivity index (χ3v) is 4.51. The maximum atomic E-state index is 12.1. The van der Waals surface area contributed by atoms with E-state index in [1.807, 2.05) is 30.3 Å². The van der Waals surface area contributed by atoms with Crippen molar-refractivity contribution < 1.29 is 13.9 Å². The molecular formula is C22H15ClN2O4. The molecule has 1 N–H and O–H groups in total. The van der Waals surface area contributed by atoms with E-state index in [1.54, 1.807) is 30.3 Å². The molecule has 0 aliphatic rings. The normalized spacial score (nSPS) is 10.7. The number of anilines is 1. The molecule has 0 radical (unpaired) electrons. The molecule has 1 amide bonds. The van der Waals surface area contributed by atoms with Crippen LogP contribution in [0.3, 0.4) is 0 Å². The Morgan fingerprint density at radius 1 is 1.07 bits per heavy atom. The molecule has 2 heterocycles. The Morgan fingerprint density at radius 3 is 2.69 bits per heavy atom. The van der Waals surface area contributed by atoms with Gasteiger partial charge in [0.15, 0.2) is 11.8 Å². The van der Waals surface area contributed by atoms with E-state index in [-0.39, 0.29) is 17.7 Å². The zero-order valence-electron chi connectivity index (χ0n) is 15.1. The van der Waals surface area contributed by atoms with Gasteiger partial charge in [0.05, 0.1) is 5.69 Å². The molecule has 144 valence electrons. The summed E-state index contributed by atoms with van der Waals surface area (Å²) >= 11 is 5.92. The number of hydrogen-bond donors (Lipinski definition) is 1. The largest absolute Gasteiger partial charge is 0.484 e. The van der Waals surface area contributed by atoms with Gasteiger partial charge in [-0.3, -0.25) is 4.79 Å². The van der Waals surface area contributed by atoms with Gasteiger partial charge in [0.2, 0.25) is 0 Å². The smallest absolute Gasteiger partial charge is 0.336 e. The molecule has 6 nitrogen and oxygen atoms in total. The zero-order chi connectivity index (χ0) is 20.2. The number of pyridine rings is 1. The van der Waals surface area contributed by atoms with Crippen LogP contribution in [0.4, 0.5) is 5.69 Å². The fourth-order valence-electron chi connectivity index (χ4n) is 2.90. The van der Waals surface area contributed by atoms with Gasteiger partial charge in [-0.2, -0.15) is 0 Å². The van der Waals surface area contributed by atoms with Crippen LogP contribution in [0.25, 0.3) is 22.1 Å². The third-order valence-electron chi connectivity index (χ3n) is 4.20. The van der Waals surface area contributed by atoms with E-state index in [2.05, 4.69) is 10.3 Å². The summed E-state index contributed by atoms with van der Waals surface area (Å²) < 4.78 is 10.9. The number of carbonyl (C=O) groups is 1. The highest BCUT2D eigenvalue weighted by molar-refractivity contribution is 6.32. The van der Waals surface area contributed by atoms with Crippen molar-refractivity contribution >= 4 is 34.2 Å². The molecule has 4 rings (SSSR count). The van der Waals surface area contributed by atoms with E-state index in [0.717, 1.165) is 16.5 Å². The topological polar surface area (TPSA) is 81.4 Å². The number of aromatic nitrogens is 1. The number of nitrogens with zero attached hydrogens (tertiary/aromatic N) is 1. The lowest BCUT2D eigenvalue weighted by Crippen LogP contribution is -2.20. The zero-order valence-corrected chi connectivity index (χ0v) is 15.8. The van der Waals surface area contributed by atoms with Gasteiger partial charge in [-0.05, 0) is 35.4 Å². The first-order valence-corrected chi connectivity index (χ1v) is 9.14. The molecule has 0 unspecified atom stereocenters. The molecular weight excluding hydrogens is 392 g/mol. The molecule has 0 spiro atoms. The predicted molar refractivity (Wildman–Crippen MR) is 111 cm³/mol. The van der Waals surface area contributed by atoms with Crippen LogP contribution in [0.1, 0.15) is 0 Å². The number of halogens is 1. The van der Waals surface area contributed by atoms with Gasteiger partial charge in [-0.25, -0.2) is 9.78 Å². The Morgan fingerprint density at radius 2 is 1.90 bits per heavy atom. The lowest BCUT2D eigenvalue weighted by atomic mass is 10.0. The standard InChI is InChI=1S/C22H15ClN2O4/c23-22-18(7-4-10-24-22)25-20(26)13-28-15-8-9-16-17(14-5-2-1-3-6-14)12-21(27)29-19(16)11-15/h1-12H,13H2,(H,25,26). The Bertz CT molecular complexity index is 1240. The Labute approximate surface area is 170 Å². The highest BCUT2D eigenvalue weighted by atomic mass is 35.5. The summed E-state index contributed by atoms with van der Waals surface area (Å²) in [5.74, 6) is 0.0118. The monoisotopic (exact) mass is 406 g/mol. The lowest BCUT2D eigenvalue weighted by molar-refractivity contribution is -0.118. The van der Waals surface area contributed by atoms with Crippen molar-refractivity contribution in [3.8, 4) is 16.9 Å². The van der Waals surface area contributed by atoms with E-state index in [1.165, 1.54) is 12.3 Å². The van der Waals surface area contributed by atoms with Gasteiger partial charge in [-0.1, -0.05) is 41.9 Å². The Kier molecular flexibility index (Phi) is 5.27. The average Bonchev–Trinajstić information content (AvgIpc) is 2.73. The van der Waals surface area contributed by atoms with Crippen LogP contribution in [0.15, 0.2) is 82.1 Å². The van der Waals surface area contributed by atoms with Gasteiger partial charge in [0.25, 0.3) is 5.91 Å². The minimum atomic E-state index is -0.461. The van der Waals surface area contributed by atoms with Crippen molar-refractivity contribution in [1.29, 1.82) is 0 Å². The summed E-state index contributed by atoms with van der Waals surface area (Å²) in [7, 11) is 0. The molecule has 2 aromatic heterocycles. The number of nitrogens with one attached hydrogen (secondary N) is 1. The maximum Gasteiger partial charge on any atom is 0.336 e. The fraction of sp³-hybridized carbons (Fsp3) is 0.0455. The molecule has 29 heavy (non-hydrogen) atoms. The predicted octanol–water partition coefficient (Wildman–Crippen LogP) is 4.53. The first-order chi connectivity index (χ1) is 14.1. The molecule has 0 atom stereocenters. The van der Waals surface area contributed by atoms with Crippen molar-refractivity contribution in [3.63, 3.8) is 0 Å². The maximum absolute atomic E-state index is 12.1. The highest BCUT2D eigenvalue weighted by Gasteiger charge is 2.11. The van der Waals surface area contributed by atoms with Crippen LogP contribution >= 0.6 is 11.6 Å². The van der Waals surface area contributed by atoms with Crippen molar-refractivity contribution in [1.82, 2.24) is 4.98 Å². The summed E-state index contributed by atoms with van der Waals surface area (Å²) in [6, 6.07) is 19.4. The summed E-state index contributed by atoms with van der Waals surface area (Å²) in [6.45, 7) is -0.237. The van der Waals surface area contributed by atoms with E-state index < -0.39 is 5.63 Å². The van der Waals surface area contributed by atoms with E-state index in [0.29, 0.717) is 17.0 Å². The molecule has 4 aromatic rings. The molecule has 0 aliphatic carbocycles. The molecule has 0 fully saturated rings. The first kappa shape index (κ1) is 18.7. The summed E-state index contributed by atoms with van der Waals surface area (Å²) in [5, 5.41) is 3.59. The second kappa shape index (κ2) is 8.16. The summed E-state index contributed by atoms with van der Waals surface area (Å²) in [4.78, 5) is 28.0. The van der Waals surface area contributed by atoms with Crippen LogP contribution in [0.5, 0.6) is 5.75 Å². The molecule has 0 saturated heterocycles. The van der Waals surface area contributed by atoms with Gasteiger partial charge >= 0.3 is 5.63 Å². The van der Waals surface area contributed by atoms with E-state index >= 15 is 0 Å². The third kappa shape index (κ3) is 4.28. The fourth-order valence-corrected chi connectivity index (χ4v) is 3.07. The van der Waals surface area contributed by atoms with Crippen LogP contribution in [-0.2, 0) is 4.79 Å². The van der Waals surface area contributed by atoms with Crippen molar-refractivity contribution in [2.24, 2.45) is 0 Å². The van der Waals surface area contributed by atoms with Crippen LogP contribution in [0.2, 0.25) is 5.15 Å². The van der Waals surface area contributed by atoms with Crippen molar-refractivity contribution in [2.75, 3.05) is 11.9 Å². The summed E-state index contributed by atoms with van der Waals surface area (Å²) in [6.07, 6.45) is 1.53. The number of ether oxygens (including phenoxy) is 1. The Balaban J connectivity index is 1.54. The Hall–Kier alpha value is -3.64. The SMILES string of the molecule is O=C(COc1ccc2c(-c3ccccc3)cc(=O)oc2c1)Nc1cccnc1Cl. The molecule has 0 aliphatic heterocycles. The molecule has 0 bridgehead atoms. The lowest BCUT2D eigenvalue weighted by Gasteiger charge is -2.10. The quantitative estimate of drug-likeness (QED) is 0.389. The molecule has 2 aromatic carbocycles. The van der Waals surface area contributed by atoms with E-state index in [4.69, 9.17) is 20.8 Å². The van der Waals surface area contributed by atoms with Crippen LogP contribution in [-0.4, -0.2) is 17.5 Å². The second-order valence-electron chi connectivity index (χ2n) is 6.18. The number of hydrogen-bond acceptors (Lipinski definition) is 5. The number of benzene rings is 2. The minimum absolute atomic E-state index is 0.196. The number of carbonyl (C=O) groups excluding carboxylic acids is 1. The van der Waals surface area contributed by atoms with Gasteiger partial charge in [-0.15, -0.1) is 0 Å². The first-order valence-electron chi connectivity index (χ1n) is 8.77. The number of fused-ring (bicyclic) bond motifs is 1. The number of amides is 1. The van der Waals surface area contributed by atoms with Gasteiger partial charge < -0.3 is 14.5 Å². The van der Waals surface area contributed by atoms with Crippen LogP contribution in [0, 0.1) is 0 Å². The average molecular weight is 407 g/mol. The van der Waals surface area contributed by atoms with Crippen molar-refractivity contribution in [2.45, 2.75) is 0 Å². The van der Waals surface area contributed by atoms with Gasteiger partial charge in [0.1, 0.15) is 11.3 Å². The molecule has 7 heteroatoms. The van der Waals surface area contributed by atoms with Gasteiger partial charge in [0, 0.05) is 23.7 Å². The number of rotatable bonds is 5. The summed E-state index contributed by atoms with van der Waals surface area (Å²) in [5.41, 5.74) is 2.00. The second-order valence-corrected chi connectivity index (χ2v) is 6.54. The van der Waals surface area contributed by atoms with E-state index in [9.17, 15) is 9.59 Å². The highest BCUT2D eigenvalue weighted by Crippen LogP contribution is 2.29. The minimum Gasteiger partial charge on any atom is -0.484 e. The molecule has 0 saturated carbocycles. The van der Waals surface area contributed by atoms with Crippen LogP contribution < -0.4 is 15.7 Å².